The summed E-state index contributed by atoms with van der Waals surface area (Å²) in [7, 11) is 10.0. The number of rotatable bonds is 10. The molecule has 0 amide bonds. The predicted molar refractivity (Wildman–Crippen MR) is 365 cm³/mol. The van der Waals surface area contributed by atoms with Crippen LogP contribution in [0, 0.1) is 30.3 Å². The van der Waals surface area contributed by atoms with Gasteiger partial charge in [0.15, 0.2) is 0 Å². The van der Waals surface area contributed by atoms with Crippen molar-refractivity contribution in [2.75, 3.05) is 0 Å². The summed E-state index contributed by atoms with van der Waals surface area (Å²) in [6, 6.07) is 100. The van der Waals surface area contributed by atoms with Gasteiger partial charge < -0.3 is 22.8 Å². The van der Waals surface area contributed by atoms with E-state index in [2.05, 4.69) is 157 Å². The van der Waals surface area contributed by atoms with E-state index in [1.807, 2.05) is 242 Å². The Morgan fingerprint density at radius 3 is 1.24 bits per heavy atom. The second-order valence-electron chi connectivity index (χ2n) is 21.0. The van der Waals surface area contributed by atoms with Gasteiger partial charge in [-0.25, -0.2) is 0 Å². The van der Waals surface area contributed by atoms with Gasteiger partial charge >= 0.3 is 0 Å². The van der Waals surface area contributed by atoms with Crippen molar-refractivity contribution in [3.8, 4) is 113 Å². The Bertz CT molecular complexity index is 4470. The van der Waals surface area contributed by atoms with Crippen LogP contribution in [0.3, 0.4) is 0 Å². The van der Waals surface area contributed by atoms with Gasteiger partial charge in [-0.3, -0.25) is 24.9 Å². The molecule has 0 aliphatic heterocycles. The number of aromatic nitrogens is 10. The molecule has 0 unspecified atom stereocenters. The Hall–Kier alpha value is -8.50. The van der Waals surface area contributed by atoms with Gasteiger partial charge in [0.2, 0.25) is 0 Å². The Morgan fingerprint density at radius 2 is 0.726 bits per heavy atom. The molecule has 0 aliphatic rings. The van der Waals surface area contributed by atoms with E-state index in [0.29, 0.717) is 0 Å². The van der Waals surface area contributed by atoms with Gasteiger partial charge in [0, 0.05) is 192 Å². The SMILES string of the molecule is Cn1c(-c2ccccc2)cnc1-c1[c-]cccc1.Cn1ccnc1-c1[c-]c(-c2ccccc2)ccc1.Cn1ccnc1-c1[c-]cc(-c2ccccc2)cc1.Cn1ccnc1-c1[c-]ccc(-c2ccccc2)c1.Cn1ccnc1-c1[c-]cccc1-c1ccccc1.[Ir].[Ir].[Ir].[Ir].[Ir]. The standard InChI is InChI=1S/5C16H13N2.5Ir/c1-18-15(13-8-4-2-5-9-13)12-17-16(18)14-10-6-3-7-11-14;1-18-12-11-17-16(18)15-10-6-5-9-14(15)13-7-3-2-4-8-13;2*1-18-11-10-17-16(18)15-9-5-8-14(12-15)13-6-3-2-4-7-13;1-18-12-11-17-16(18)15-9-7-14(8-10-15)13-5-3-2-4-6-13;;;;;/h2-10,12H,1H3;2-9,11-12H,1H3;2-8,10-12H,1H3;2-11H,1H3;2-9,11-12H,1H3;;;;;/q5*-1;;;;;. The minimum Gasteiger partial charge on any atom is -0.373 e. The van der Waals surface area contributed by atoms with Crippen LogP contribution in [-0.2, 0) is 136 Å². The largest absolute Gasteiger partial charge is 0.373 e. The minimum absolute atomic E-state index is 0. The summed E-state index contributed by atoms with van der Waals surface area (Å²) in [6.45, 7) is 0. The molecule has 0 saturated heterocycles. The third kappa shape index (κ3) is 19.8. The minimum atomic E-state index is 0. The zero-order chi connectivity index (χ0) is 61.9. The molecule has 0 spiro atoms. The molecule has 5 heterocycles. The Morgan fingerprint density at radius 1 is 0.284 bits per heavy atom. The summed E-state index contributed by atoms with van der Waals surface area (Å²) in [5.74, 6) is 4.69. The Balaban J connectivity index is 0.000000186. The fraction of sp³-hybridized carbons (Fsp3) is 0.0625. The second kappa shape index (κ2) is 38.1. The van der Waals surface area contributed by atoms with Gasteiger partial charge in [0.25, 0.3) is 0 Å². The van der Waals surface area contributed by atoms with Crippen molar-refractivity contribution in [1.29, 1.82) is 0 Å². The molecule has 10 aromatic carbocycles. The van der Waals surface area contributed by atoms with Gasteiger partial charge in [-0.2, -0.15) is 0 Å². The van der Waals surface area contributed by atoms with Crippen LogP contribution in [-0.4, -0.2) is 47.8 Å². The summed E-state index contributed by atoms with van der Waals surface area (Å²) in [5.41, 5.74) is 16.8. The van der Waals surface area contributed by atoms with Crippen molar-refractivity contribution >= 4 is 0 Å². The molecule has 10 nitrogen and oxygen atoms in total. The molecule has 0 saturated carbocycles. The molecule has 0 atom stereocenters. The van der Waals surface area contributed by atoms with Crippen molar-refractivity contribution < 1.29 is 101 Å². The van der Waals surface area contributed by atoms with Gasteiger partial charge in [0.05, 0.1) is 34.8 Å². The zero-order valence-corrected chi connectivity index (χ0v) is 64.5. The van der Waals surface area contributed by atoms with E-state index in [9.17, 15) is 0 Å². The van der Waals surface area contributed by atoms with Crippen LogP contribution >= 0.6 is 0 Å². The fourth-order valence-corrected chi connectivity index (χ4v) is 10.2. The van der Waals surface area contributed by atoms with Crippen LogP contribution in [0.1, 0.15) is 0 Å². The molecular formula is C80H65Ir5N10-5. The average molecular weight is 2130 g/mol. The Kier molecular flexibility index (Phi) is 30.3. The van der Waals surface area contributed by atoms with E-state index >= 15 is 0 Å². The maximum atomic E-state index is 4.49. The number of imidazole rings is 5. The van der Waals surface area contributed by atoms with E-state index in [0.717, 1.165) is 73.8 Å². The molecular weight excluding hydrogens is 2060 g/mol. The fourth-order valence-electron chi connectivity index (χ4n) is 10.2. The van der Waals surface area contributed by atoms with Crippen LogP contribution in [0.4, 0.5) is 0 Å². The van der Waals surface area contributed by atoms with Crippen molar-refractivity contribution in [1.82, 2.24) is 47.8 Å². The predicted octanol–water partition coefficient (Wildman–Crippen LogP) is 17.8. The van der Waals surface area contributed by atoms with E-state index in [4.69, 9.17) is 0 Å². The first-order valence-corrected chi connectivity index (χ1v) is 29.5. The van der Waals surface area contributed by atoms with Gasteiger partial charge in [0.1, 0.15) is 0 Å². The summed E-state index contributed by atoms with van der Waals surface area (Å²) in [6.07, 6.45) is 16.9. The van der Waals surface area contributed by atoms with Gasteiger partial charge in [-0.1, -0.05) is 185 Å². The van der Waals surface area contributed by atoms with Crippen molar-refractivity contribution in [3.63, 3.8) is 0 Å². The molecule has 0 N–H and O–H groups in total. The number of hydrogen-bond acceptors (Lipinski definition) is 5. The maximum absolute atomic E-state index is 4.49. The van der Waals surface area contributed by atoms with Crippen molar-refractivity contribution in [3.05, 3.63) is 335 Å². The van der Waals surface area contributed by atoms with E-state index in [1.54, 1.807) is 18.6 Å². The molecule has 95 heavy (non-hydrogen) atoms. The van der Waals surface area contributed by atoms with Crippen LogP contribution in [0.5, 0.6) is 0 Å². The number of benzene rings is 10. The maximum Gasteiger partial charge on any atom is 0.0727 e. The normalized spacial score (nSPS) is 9.95. The van der Waals surface area contributed by atoms with Gasteiger partial charge in [-0.05, 0) is 11.1 Å². The van der Waals surface area contributed by atoms with Crippen molar-refractivity contribution in [2.24, 2.45) is 35.2 Å². The molecule has 0 fully saturated rings. The van der Waals surface area contributed by atoms with E-state index in [1.165, 1.54) is 38.9 Å². The molecule has 5 aromatic heterocycles. The molecule has 15 rings (SSSR count). The quantitative estimate of drug-likeness (QED) is 0.127. The molecule has 5 radical (unpaired) electrons. The first-order chi connectivity index (χ1) is 44.3. The third-order valence-electron chi connectivity index (χ3n) is 14.9. The Labute approximate surface area is 625 Å². The van der Waals surface area contributed by atoms with Gasteiger partial charge in [-0.15, -0.1) is 161 Å². The molecule has 0 bridgehead atoms. The smallest absolute Gasteiger partial charge is 0.0727 e. The molecule has 15 aromatic rings. The summed E-state index contributed by atoms with van der Waals surface area (Å²) in [5, 5.41) is 0. The van der Waals surface area contributed by atoms with Crippen LogP contribution in [0.2, 0.25) is 0 Å². The third-order valence-corrected chi connectivity index (χ3v) is 14.9. The molecule has 485 valence electrons. The first-order valence-electron chi connectivity index (χ1n) is 29.5. The second-order valence-corrected chi connectivity index (χ2v) is 21.0. The van der Waals surface area contributed by atoms with Crippen LogP contribution < -0.4 is 0 Å². The number of aryl methyl sites for hydroxylation is 4. The summed E-state index contributed by atoms with van der Waals surface area (Å²) >= 11 is 0. The number of hydrogen-bond donors (Lipinski definition) is 0. The van der Waals surface area contributed by atoms with Crippen LogP contribution in [0.15, 0.2) is 304 Å². The average Bonchev–Trinajstić information content (AvgIpc) is 1.75. The van der Waals surface area contributed by atoms with Crippen LogP contribution in [0.25, 0.3) is 113 Å². The van der Waals surface area contributed by atoms with E-state index in [-0.39, 0.29) is 101 Å². The zero-order valence-electron chi connectivity index (χ0n) is 52.5. The van der Waals surface area contributed by atoms with E-state index < -0.39 is 0 Å². The monoisotopic (exact) mass is 2130 g/mol. The molecule has 15 heteroatoms. The summed E-state index contributed by atoms with van der Waals surface area (Å²) in [4.78, 5) is 21.9. The number of nitrogens with zero attached hydrogens (tertiary/aromatic N) is 10. The first kappa shape index (κ1) is 75.5. The summed E-state index contributed by atoms with van der Waals surface area (Å²) < 4.78 is 10.1. The topological polar surface area (TPSA) is 89.1 Å². The van der Waals surface area contributed by atoms with Crippen molar-refractivity contribution in [2.45, 2.75) is 0 Å². The molecule has 0 aliphatic carbocycles.